The maximum absolute atomic E-state index is 12.9. The van der Waals surface area contributed by atoms with Crippen molar-refractivity contribution in [2.45, 2.75) is 25.8 Å². The Bertz CT molecular complexity index is 509. The number of thiophene rings is 1. The van der Waals surface area contributed by atoms with Gasteiger partial charge in [-0.15, -0.1) is 11.3 Å². The molecule has 4 heteroatoms. The molecule has 0 radical (unpaired) electrons. The van der Waals surface area contributed by atoms with Crippen molar-refractivity contribution in [2.75, 3.05) is 6.54 Å². The van der Waals surface area contributed by atoms with Crippen LogP contribution in [-0.4, -0.2) is 6.54 Å². The molecule has 0 amide bonds. The largest absolute Gasteiger partial charge is 0.310 e. The van der Waals surface area contributed by atoms with Crippen LogP contribution >= 0.6 is 27.3 Å². The van der Waals surface area contributed by atoms with E-state index >= 15 is 0 Å². The van der Waals surface area contributed by atoms with E-state index in [0.29, 0.717) is 0 Å². The summed E-state index contributed by atoms with van der Waals surface area (Å²) in [5.41, 5.74) is 2.44. The highest BCUT2D eigenvalue weighted by Crippen LogP contribution is 2.27. The predicted octanol–water partition coefficient (Wildman–Crippen LogP) is 4.93. The Morgan fingerprint density at radius 2 is 2.05 bits per heavy atom. The zero-order chi connectivity index (χ0) is 13.7. The lowest BCUT2D eigenvalue weighted by Gasteiger charge is -2.17. The van der Waals surface area contributed by atoms with Crippen molar-refractivity contribution >= 4 is 27.3 Å². The van der Waals surface area contributed by atoms with Crippen molar-refractivity contribution in [1.29, 1.82) is 0 Å². The summed E-state index contributed by atoms with van der Waals surface area (Å²) in [5, 5.41) is 5.72. The van der Waals surface area contributed by atoms with E-state index in [9.17, 15) is 4.39 Å². The van der Waals surface area contributed by atoms with Crippen LogP contribution in [0.25, 0.3) is 0 Å². The number of halogens is 2. The lowest BCUT2D eigenvalue weighted by molar-refractivity contribution is 0.530. The van der Waals surface area contributed by atoms with Crippen LogP contribution in [0.4, 0.5) is 4.39 Å². The first-order valence-electron chi connectivity index (χ1n) is 6.40. The quantitative estimate of drug-likeness (QED) is 0.785. The molecule has 0 saturated carbocycles. The molecule has 1 unspecified atom stereocenters. The molecule has 1 aromatic carbocycles. The van der Waals surface area contributed by atoms with Crippen molar-refractivity contribution in [3.05, 3.63) is 56.4 Å². The van der Waals surface area contributed by atoms with Gasteiger partial charge in [-0.1, -0.05) is 19.1 Å². The summed E-state index contributed by atoms with van der Waals surface area (Å²) in [7, 11) is 0. The lowest BCUT2D eigenvalue weighted by Crippen LogP contribution is -2.23. The second-order valence-corrected chi connectivity index (χ2v) is 6.81. The first-order chi connectivity index (χ1) is 9.19. The Morgan fingerprint density at radius 3 is 2.63 bits per heavy atom. The minimum atomic E-state index is -0.180. The van der Waals surface area contributed by atoms with Crippen molar-refractivity contribution in [1.82, 2.24) is 5.32 Å². The average Bonchev–Trinajstić information content (AvgIpc) is 2.83. The first kappa shape index (κ1) is 14.7. The van der Waals surface area contributed by atoms with Gasteiger partial charge in [0.15, 0.2) is 0 Å². The summed E-state index contributed by atoms with van der Waals surface area (Å²) in [4.78, 5) is 0. The van der Waals surface area contributed by atoms with Gasteiger partial charge in [-0.2, -0.15) is 0 Å². The summed E-state index contributed by atoms with van der Waals surface area (Å²) < 4.78 is 14.1. The highest BCUT2D eigenvalue weighted by atomic mass is 79.9. The third kappa shape index (κ3) is 4.41. The molecule has 19 heavy (non-hydrogen) atoms. The second-order valence-electron chi connectivity index (χ2n) is 4.52. The normalized spacial score (nSPS) is 12.6. The summed E-state index contributed by atoms with van der Waals surface area (Å²) in [5.74, 6) is -0.180. The fourth-order valence-electron chi connectivity index (χ4n) is 1.99. The van der Waals surface area contributed by atoms with Gasteiger partial charge in [0.2, 0.25) is 0 Å². The molecule has 1 N–H and O–H groups in total. The summed E-state index contributed by atoms with van der Waals surface area (Å²) in [6.45, 7) is 3.14. The Labute approximate surface area is 126 Å². The minimum Gasteiger partial charge on any atom is -0.310 e. The van der Waals surface area contributed by atoms with E-state index in [-0.39, 0.29) is 11.9 Å². The highest BCUT2D eigenvalue weighted by Gasteiger charge is 2.13. The summed E-state index contributed by atoms with van der Waals surface area (Å²) >= 11 is 5.20. The van der Waals surface area contributed by atoms with E-state index < -0.39 is 0 Å². The van der Waals surface area contributed by atoms with Gasteiger partial charge in [0, 0.05) is 6.04 Å². The zero-order valence-electron chi connectivity index (χ0n) is 10.8. The van der Waals surface area contributed by atoms with E-state index in [1.807, 2.05) is 12.1 Å². The molecular formula is C15H17BrFNS. The maximum Gasteiger partial charge on any atom is 0.123 e. The molecule has 0 aliphatic heterocycles. The molecule has 0 bridgehead atoms. The maximum atomic E-state index is 12.9. The molecule has 0 spiro atoms. The average molecular weight is 342 g/mol. The standard InChI is InChI=1S/C15H17BrFNS/c1-2-7-18-14(12-9-15(16)19-10-12)8-11-3-5-13(17)6-4-11/h3-6,9-10,14,18H,2,7-8H2,1H3. The number of nitrogens with one attached hydrogen (secondary N) is 1. The van der Waals surface area contributed by atoms with E-state index in [2.05, 4.69) is 39.6 Å². The van der Waals surface area contributed by atoms with Gasteiger partial charge in [0.1, 0.15) is 5.82 Å². The van der Waals surface area contributed by atoms with Gasteiger partial charge in [0.05, 0.1) is 3.79 Å². The van der Waals surface area contributed by atoms with Gasteiger partial charge >= 0.3 is 0 Å². The minimum absolute atomic E-state index is 0.180. The van der Waals surface area contributed by atoms with E-state index in [1.54, 1.807) is 11.3 Å². The van der Waals surface area contributed by atoms with Crippen molar-refractivity contribution < 1.29 is 4.39 Å². The molecule has 1 heterocycles. The lowest BCUT2D eigenvalue weighted by atomic mass is 10.0. The fourth-order valence-corrected chi connectivity index (χ4v) is 3.22. The molecule has 1 nitrogen and oxygen atoms in total. The number of rotatable bonds is 6. The van der Waals surface area contributed by atoms with E-state index in [0.717, 1.165) is 28.7 Å². The fraction of sp³-hybridized carbons (Fsp3) is 0.333. The summed E-state index contributed by atoms with van der Waals surface area (Å²) in [6, 6.07) is 9.20. The molecule has 2 rings (SSSR count). The van der Waals surface area contributed by atoms with Crippen LogP contribution in [-0.2, 0) is 6.42 Å². The molecule has 1 atom stereocenters. The van der Waals surface area contributed by atoms with Crippen LogP contribution in [0.15, 0.2) is 39.5 Å². The van der Waals surface area contributed by atoms with Crippen LogP contribution in [0.2, 0.25) is 0 Å². The number of benzene rings is 1. The van der Waals surface area contributed by atoms with Crippen LogP contribution in [0.5, 0.6) is 0 Å². The predicted molar refractivity (Wildman–Crippen MR) is 83.2 cm³/mol. The molecule has 2 aromatic rings. The van der Waals surface area contributed by atoms with Crippen LogP contribution in [0, 0.1) is 5.82 Å². The Hall–Kier alpha value is -0.710. The third-order valence-corrected chi connectivity index (χ3v) is 4.51. The molecule has 0 aliphatic rings. The molecular weight excluding hydrogens is 325 g/mol. The molecule has 0 saturated heterocycles. The third-order valence-electron chi connectivity index (χ3n) is 2.98. The van der Waals surface area contributed by atoms with Crippen molar-refractivity contribution in [2.24, 2.45) is 0 Å². The number of hydrogen-bond donors (Lipinski definition) is 1. The van der Waals surface area contributed by atoms with Gasteiger partial charge in [0.25, 0.3) is 0 Å². The van der Waals surface area contributed by atoms with Gasteiger partial charge in [-0.25, -0.2) is 4.39 Å². The summed E-state index contributed by atoms with van der Waals surface area (Å²) in [6.07, 6.45) is 1.98. The Balaban J connectivity index is 2.11. The Morgan fingerprint density at radius 1 is 1.32 bits per heavy atom. The van der Waals surface area contributed by atoms with Crippen LogP contribution in [0.1, 0.15) is 30.5 Å². The number of hydrogen-bond acceptors (Lipinski definition) is 2. The SMILES string of the molecule is CCCNC(Cc1ccc(F)cc1)c1csc(Br)c1. The second kappa shape index (κ2) is 7.17. The first-order valence-corrected chi connectivity index (χ1v) is 8.08. The molecule has 1 aromatic heterocycles. The van der Waals surface area contributed by atoms with Crippen LogP contribution < -0.4 is 5.32 Å². The molecule has 102 valence electrons. The van der Waals surface area contributed by atoms with E-state index in [1.165, 1.54) is 17.7 Å². The zero-order valence-corrected chi connectivity index (χ0v) is 13.2. The van der Waals surface area contributed by atoms with Crippen LogP contribution in [0.3, 0.4) is 0 Å². The monoisotopic (exact) mass is 341 g/mol. The van der Waals surface area contributed by atoms with E-state index in [4.69, 9.17) is 0 Å². The highest BCUT2D eigenvalue weighted by molar-refractivity contribution is 9.11. The molecule has 0 aliphatic carbocycles. The van der Waals surface area contributed by atoms with Gasteiger partial charge in [-0.3, -0.25) is 0 Å². The van der Waals surface area contributed by atoms with Crippen molar-refractivity contribution in [3.8, 4) is 0 Å². The smallest absolute Gasteiger partial charge is 0.123 e. The van der Waals surface area contributed by atoms with Gasteiger partial charge < -0.3 is 5.32 Å². The van der Waals surface area contributed by atoms with Gasteiger partial charge in [-0.05, 0) is 70.0 Å². The van der Waals surface area contributed by atoms with Crippen molar-refractivity contribution in [3.63, 3.8) is 0 Å². The molecule has 0 fully saturated rings. The Kier molecular flexibility index (Phi) is 5.55. The topological polar surface area (TPSA) is 12.0 Å².